The molecule has 2 aromatic carbocycles. The average molecular weight is 410 g/mol. The van der Waals surface area contributed by atoms with Gasteiger partial charge in [0.15, 0.2) is 6.29 Å². The van der Waals surface area contributed by atoms with Gasteiger partial charge >= 0.3 is 6.09 Å². The summed E-state index contributed by atoms with van der Waals surface area (Å²) in [5.41, 5.74) is 1.88. The number of benzene rings is 2. The highest BCUT2D eigenvalue weighted by atomic mass is 16.6. The lowest BCUT2D eigenvalue weighted by molar-refractivity contribution is -0.139. The van der Waals surface area contributed by atoms with E-state index in [0.717, 1.165) is 11.1 Å². The fraction of sp³-hybridized carbons (Fsp3) is 0.391. The Morgan fingerprint density at radius 3 is 2.43 bits per heavy atom. The zero-order chi connectivity index (χ0) is 20.9. The normalized spacial score (nSPS) is 26.0. The average Bonchev–Trinajstić information content (AvgIpc) is 2.98. The molecular formula is C23H26N2O5. The van der Waals surface area contributed by atoms with Crippen LogP contribution < -0.4 is 5.32 Å². The monoisotopic (exact) mass is 410 g/mol. The number of carbonyl (C=O) groups is 2. The smallest absolute Gasteiger partial charge is 0.408 e. The van der Waals surface area contributed by atoms with Crippen molar-refractivity contribution in [3.63, 3.8) is 0 Å². The Morgan fingerprint density at radius 1 is 1.07 bits per heavy atom. The highest BCUT2D eigenvalue weighted by Crippen LogP contribution is 2.31. The lowest BCUT2D eigenvalue weighted by Crippen LogP contribution is -2.52. The summed E-state index contributed by atoms with van der Waals surface area (Å²) in [5, 5.41) is 13.1. The van der Waals surface area contributed by atoms with E-state index in [1.807, 2.05) is 60.7 Å². The standard InChI is InChI=1S/C23H26N2O5/c26-21-18(24-23(28)29-15-17-10-5-2-6-11-17)12-7-13-20-25(21)19(22(27)30-20)14-16-8-3-1-4-9-16/h1-6,8-11,18-20,22,27H,7,12-15H2,(H,24,28)/t18-,19+,20+,22-/m0/s1. The summed E-state index contributed by atoms with van der Waals surface area (Å²) in [6.45, 7) is 0.137. The molecule has 2 aliphatic heterocycles. The Hall–Kier alpha value is -2.90. The SMILES string of the molecule is O=C(N[C@H]1CCC[C@H]2O[C@H](O)[C@@H](Cc3ccccc3)N2C1=O)OCc1ccccc1. The van der Waals surface area contributed by atoms with Crippen LogP contribution in [0.1, 0.15) is 30.4 Å². The van der Waals surface area contributed by atoms with Gasteiger partial charge in [0.05, 0.1) is 6.04 Å². The Bertz CT molecular complexity index is 860. The largest absolute Gasteiger partial charge is 0.445 e. The number of nitrogens with zero attached hydrogens (tertiary/aromatic N) is 1. The van der Waals surface area contributed by atoms with E-state index < -0.39 is 30.7 Å². The Balaban J connectivity index is 1.41. The number of alkyl carbamates (subject to hydrolysis) is 1. The molecular weight excluding hydrogens is 384 g/mol. The summed E-state index contributed by atoms with van der Waals surface area (Å²) in [5.74, 6) is -0.244. The number of hydrogen-bond donors (Lipinski definition) is 2. The van der Waals surface area contributed by atoms with Gasteiger partial charge in [-0.3, -0.25) is 4.79 Å². The van der Waals surface area contributed by atoms with E-state index in [9.17, 15) is 14.7 Å². The summed E-state index contributed by atoms with van der Waals surface area (Å²) in [6.07, 6.45) is 0.137. The second-order valence-electron chi connectivity index (χ2n) is 7.67. The van der Waals surface area contributed by atoms with E-state index in [2.05, 4.69) is 5.32 Å². The maximum Gasteiger partial charge on any atom is 0.408 e. The zero-order valence-corrected chi connectivity index (χ0v) is 16.6. The molecule has 0 bridgehead atoms. The van der Waals surface area contributed by atoms with Crippen molar-refractivity contribution in [1.82, 2.24) is 10.2 Å². The van der Waals surface area contributed by atoms with E-state index in [-0.39, 0.29) is 12.5 Å². The van der Waals surface area contributed by atoms with Crippen LogP contribution in [0.2, 0.25) is 0 Å². The second kappa shape index (κ2) is 9.28. The molecule has 2 saturated heterocycles. The molecule has 7 heteroatoms. The van der Waals surface area contributed by atoms with Crippen LogP contribution in [0.5, 0.6) is 0 Å². The molecule has 2 N–H and O–H groups in total. The van der Waals surface area contributed by atoms with Crippen molar-refractivity contribution in [2.24, 2.45) is 0 Å². The van der Waals surface area contributed by atoms with Gasteiger partial charge in [-0.1, -0.05) is 60.7 Å². The maximum atomic E-state index is 13.2. The predicted octanol–water partition coefficient (Wildman–Crippen LogP) is 2.58. The molecule has 2 aromatic rings. The molecule has 0 radical (unpaired) electrons. The quantitative estimate of drug-likeness (QED) is 0.791. The van der Waals surface area contributed by atoms with Crippen molar-refractivity contribution in [2.45, 2.75) is 56.9 Å². The number of amides is 2. The van der Waals surface area contributed by atoms with E-state index in [4.69, 9.17) is 9.47 Å². The first-order chi connectivity index (χ1) is 14.6. The molecule has 158 valence electrons. The van der Waals surface area contributed by atoms with Gasteiger partial charge in [0, 0.05) is 0 Å². The number of ether oxygens (including phenoxy) is 2. The molecule has 4 atom stereocenters. The Kier molecular flexibility index (Phi) is 6.30. The van der Waals surface area contributed by atoms with Gasteiger partial charge in [-0.05, 0) is 36.8 Å². The lowest BCUT2D eigenvalue weighted by Gasteiger charge is -2.29. The van der Waals surface area contributed by atoms with Crippen molar-refractivity contribution < 1.29 is 24.2 Å². The van der Waals surface area contributed by atoms with Crippen LogP contribution in [0.4, 0.5) is 4.79 Å². The van der Waals surface area contributed by atoms with Crippen LogP contribution >= 0.6 is 0 Å². The first-order valence-corrected chi connectivity index (χ1v) is 10.3. The molecule has 2 fully saturated rings. The van der Waals surface area contributed by atoms with Gasteiger partial charge in [0.2, 0.25) is 5.91 Å². The van der Waals surface area contributed by atoms with E-state index in [0.29, 0.717) is 25.7 Å². The van der Waals surface area contributed by atoms with Crippen molar-refractivity contribution in [3.8, 4) is 0 Å². The van der Waals surface area contributed by atoms with Crippen LogP contribution in [-0.4, -0.2) is 46.6 Å². The molecule has 0 unspecified atom stereocenters. The van der Waals surface area contributed by atoms with Gasteiger partial charge in [0.25, 0.3) is 0 Å². The van der Waals surface area contributed by atoms with Crippen LogP contribution in [0.25, 0.3) is 0 Å². The first kappa shape index (κ1) is 20.4. The first-order valence-electron chi connectivity index (χ1n) is 10.3. The number of nitrogens with one attached hydrogen (secondary N) is 1. The van der Waals surface area contributed by atoms with Crippen molar-refractivity contribution in [1.29, 1.82) is 0 Å². The van der Waals surface area contributed by atoms with Crippen molar-refractivity contribution >= 4 is 12.0 Å². The fourth-order valence-corrected chi connectivity index (χ4v) is 4.08. The summed E-state index contributed by atoms with van der Waals surface area (Å²) >= 11 is 0. The Morgan fingerprint density at radius 2 is 1.73 bits per heavy atom. The van der Waals surface area contributed by atoms with Crippen molar-refractivity contribution in [3.05, 3.63) is 71.8 Å². The second-order valence-corrected chi connectivity index (χ2v) is 7.67. The number of hydrogen-bond acceptors (Lipinski definition) is 5. The Labute approximate surface area is 175 Å². The third-order valence-electron chi connectivity index (χ3n) is 5.58. The summed E-state index contributed by atoms with van der Waals surface area (Å²) in [6, 6.07) is 17.9. The molecule has 2 amide bonds. The molecule has 4 rings (SSSR count). The van der Waals surface area contributed by atoms with Crippen LogP contribution in [-0.2, 0) is 27.3 Å². The zero-order valence-electron chi connectivity index (χ0n) is 16.6. The molecule has 30 heavy (non-hydrogen) atoms. The minimum absolute atomic E-state index is 0.137. The maximum absolute atomic E-state index is 13.2. The van der Waals surface area contributed by atoms with Crippen molar-refractivity contribution in [2.75, 3.05) is 0 Å². The third-order valence-corrected chi connectivity index (χ3v) is 5.58. The minimum Gasteiger partial charge on any atom is -0.445 e. The minimum atomic E-state index is -1.05. The van der Waals surface area contributed by atoms with Gasteiger partial charge in [-0.2, -0.15) is 0 Å². The molecule has 0 saturated carbocycles. The highest BCUT2D eigenvalue weighted by Gasteiger charge is 2.47. The van der Waals surface area contributed by atoms with E-state index in [1.54, 1.807) is 4.90 Å². The lowest BCUT2D eigenvalue weighted by atomic mass is 10.0. The number of aliphatic hydroxyl groups is 1. The molecule has 0 aromatic heterocycles. The molecule has 0 spiro atoms. The third kappa shape index (κ3) is 4.63. The summed E-state index contributed by atoms with van der Waals surface area (Å²) < 4.78 is 10.9. The number of rotatable bonds is 5. The van der Waals surface area contributed by atoms with E-state index in [1.165, 1.54) is 0 Å². The van der Waals surface area contributed by atoms with E-state index >= 15 is 0 Å². The van der Waals surface area contributed by atoms with Gasteiger partial charge in [-0.25, -0.2) is 4.79 Å². The summed E-state index contributed by atoms with van der Waals surface area (Å²) in [7, 11) is 0. The van der Waals surface area contributed by atoms with Crippen LogP contribution in [0.3, 0.4) is 0 Å². The fourth-order valence-electron chi connectivity index (χ4n) is 4.08. The number of carbonyl (C=O) groups excluding carboxylic acids is 2. The van der Waals surface area contributed by atoms with Gasteiger partial charge in [-0.15, -0.1) is 0 Å². The molecule has 2 aliphatic rings. The molecule has 2 heterocycles. The number of aliphatic hydroxyl groups excluding tert-OH is 1. The van der Waals surface area contributed by atoms with Gasteiger partial charge < -0.3 is 24.8 Å². The topological polar surface area (TPSA) is 88.1 Å². The molecule has 0 aliphatic carbocycles. The number of fused-ring (bicyclic) bond motifs is 1. The molecule has 7 nitrogen and oxygen atoms in total. The highest BCUT2D eigenvalue weighted by molar-refractivity contribution is 5.86. The van der Waals surface area contributed by atoms with Crippen LogP contribution in [0.15, 0.2) is 60.7 Å². The van der Waals surface area contributed by atoms with Gasteiger partial charge in [0.1, 0.15) is 18.9 Å². The predicted molar refractivity (Wildman–Crippen MR) is 109 cm³/mol. The van der Waals surface area contributed by atoms with Crippen LogP contribution in [0, 0.1) is 0 Å². The summed E-state index contributed by atoms with van der Waals surface area (Å²) in [4.78, 5) is 27.1.